The fourth-order valence-corrected chi connectivity index (χ4v) is 2.19. The second-order valence-electron chi connectivity index (χ2n) is 5.39. The van der Waals surface area contributed by atoms with Gasteiger partial charge in [0, 0.05) is 6.61 Å². The van der Waals surface area contributed by atoms with E-state index in [1.807, 2.05) is 37.3 Å². The molecule has 0 bridgehead atoms. The van der Waals surface area contributed by atoms with Crippen molar-refractivity contribution in [2.45, 2.75) is 19.6 Å². The van der Waals surface area contributed by atoms with Crippen LogP contribution in [0.5, 0.6) is 0 Å². The Morgan fingerprint density at radius 1 is 1.12 bits per heavy atom. The minimum Gasteiger partial charge on any atom is -1.00 e. The molecule has 0 aliphatic heterocycles. The molecule has 0 N–H and O–H groups in total. The first-order chi connectivity index (χ1) is 12.1. The van der Waals surface area contributed by atoms with Gasteiger partial charge < -0.3 is 31.2 Å². The van der Waals surface area contributed by atoms with Crippen molar-refractivity contribution in [1.29, 1.82) is 0 Å². The predicted molar refractivity (Wildman–Crippen MR) is 88.3 cm³/mol. The zero-order valence-corrected chi connectivity index (χ0v) is 16.4. The molecular weight excluding hydrogens is 404 g/mol. The van der Waals surface area contributed by atoms with Gasteiger partial charge in [0.25, 0.3) is 6.04 Å². The van der Waals surface area contributed by atoms with Crippen molar-refractivity contribution in [2.24, 2.45) is 7.05 Å². The lowest BCUT2D eigenvalue weighted by molar-refractivity contribution is -0.671. The monoisotopic (exact) mass is 426 g/mol. The smallest absolute Gasteiger partial charge is 0.364 e. The number of hydrogen-bond acceptors (Lipinski definition) is 5. The van der Waals surface area contributed by atoms with Gasteiger partial charge in [0.2, 0.25) is 6.33 Å². The zero-order valence-electron chi connectivity index (χ0n) is 14.8. The number of imidazole rings is 1. The van der Waals surface area contributed by atoms with Crippen molar-refractivity contribution in [3.05, 3.63) is 54.6 Å². The van der Waals surface area contributed by atoms with Crippen LogP contribution >= 0.6 is 0 Å². The maximum atomic E-state index is 12.5. The molecule has 8 heteroatoms. The fraction of sp³-hybridized carbons (Fsp3) is 0.389. The standard InChI is InChI=1S/C18H23N2O5.BrH/c1-3-23-11-12-24-17(21)16(20-10-9-19(2)14-20)18(22)25-13-15-7-5-4-6-8-15;/h4-10,14,16H,3,11-13H2,1-2H3;1H/q+1;/p-1/t16-;/m0./s1. The van der Waals surface area contributed by atoms with E-state index in [1.54, 1.807) is 30.3 Å². The lowest BCUT2D eigenvalue weighted by Gasteiger charge is -2.13. The second-order valence-corrected chi connectivity index (χ2v) is 5.39. The number of ether oxygens (including phenoxy) is 3. The van der Waals surface area contributed by atoms with Gasteiger partial charge in [-0.2, -0.15) is 0 Å². The summed E-state index contributed by atoms with van der Waals surface area (Å²) in [6.45, 7) is 2.85. The minimum absolute atomic E-state index is 0. The largest absolute Gasteiger partial charge is 1.00 e. The van der Waals surface area contributed by atoms with Gasteiger partial charge in [0.15, 0.2) is 0 Å². The van der Waals surface area contributed by atoms with Crippen LogP contribution in [0.2, 0.25) is 0 Å². The number of aromatic nitrogens is 2. The summed E-state index contributed by atoms with van der Waals surface area (Å²) in [5.74, 6) is -1.34. The van der Waals surface area contributed by atoms with Crippen LogP contribution in [0.25, 0.3) is 0 Å². The van der Waals surface area contributed by atoms with Crippen LogP contribution < -0.4 is 21.5 Å². The summed E-state index contributed by atoms with van der Waals surface area (Å²) in [7, 11) is 1.79. The number of aryl methyl sites for hydroxylation is 1. The van der Waals surface area contributed by atoms with Gasteiger partial charge in [-0.3, -0.25) is 0 Å². The third-order valence-electron chi connectivity index (χ3n) is 3.43. The number of halogens is 1. The summed E-state index contributed by atoms with van der Waals surface area (Å²) in [6, 6.07) is 8.09. The van der Waals surface area contributed by atoms with Crippen LogP contribution in [-0.4, -0.2) is 36.3 Å². The van der Waals surface area contributed by atoms with E-state index in [1.165, 1.54) is 4.57 Å². The number of carbonyl (C=O) groups excluding carboxylic acids is 2. The quantitative estimate of drug-likeness (QED) is 0.204. The van der Waals surface area contributed by atoms with E-state index >= 15 is 0 Å². The predicted octanol–water partition coefficient (Wildman–Crippen LogP) is -1.82. The molecule has 0 aliphatic carbocycles. The maximum Gasteiger partial charge on any atom is 0.364 e. The molecule has 0 unspecified atom stereocenters. The lowest BCUT2D eigenvalue weighted by atomic mass is 10.2. The van der Waals surface area contributed by atoms with Crippen LogP contribution in [-0.2, 0) is 37.5 Å². The van der Waals surface area contributed by atoms with E-state index in [2.05, 4.69) is 0 Å². The third-order valence-corrected chi connectivity index (χ3v) is 3.43. The highest BCUT2D eigenvalue weighted by Crippen LogP contribution is 2.12. The van der Waals surface area contributed by atoms with Crippen molar-refractivity contribution in [2.75, 3.05) is 19.8 Å². The van der Waals surface area contributed by atoms with Crippen molar-refractivity contribution in [3.8, 4) is 0 Å². The Kier molecular flexibility index (Phi) is 9.61. The number of carbonyl (C=O) groups is 2. The van der Waals surface area contributed by atoms with Gasteiger partial charge in [-0.1, -0.05) is 30.3 Å². The maximum absolute atomic E-state index is 12.5. The van der Waals surface area contributed by atoms with E-state index in [9.17, 15) is 9.59 Å². The molecule has 1 atom stereocenters. The molecule has 0 saturated heterocycles. The van der Waals surface area contributed by atoms with E-state index in [0.717, 1.165) is 5.56 Å². The van der Waals surface area contributed by atoms with E-state index < -0.39 is 18.0 Å². The average molecular weight is 427 g/mol. The van der Waals surface area contributed by atoms with Gasteiger partial charge in [0.1, 0.15) is 25.6 Å². The molecule has 1 aromatic heterocycles. The summed E-state index contributed by atoms with van der Waals surface area (Å²) in [5, 5.41) is 0. The van der Waals surface area contributed by atoms with E-state index in [0.29, 0.717) is 6.61 Å². The molecule has 0 spiro atoms. The van der Waals surface area contributed by atoms with Crippen LogP contribution in [0.3, 0.4) is 0 Å². The molecule has 142 valence electrons. The normalized spacial score (nSPS) is 11.3. The van der Waals surface area contributed by atoms with Crippen molar-refractivity contribution in [1.82, 2.24) is 4.57 Å². The molecule has 0 aliphatic rings. The van der Waals surface area contributed by atoms with Crippen LogP contribution in [0, 0.1) is 0 Å². The molecule has 0 radical (unpaired) electrons. The topological polar surface area (TPSA) is 70.6 Å². The lowest BCUT2D eigenvalue weighted by Crippen LogP contribution is -3.00. The number of esters is 2. The minimum atomic E-state index is -1.19. The third kappa shape index (κ3) is 6.61. The number of benzene rings is 1. The summed E-state index contributed by atoms with van der Waals surface area (Å²) < 4.78 is 18.8. The molecule has 1 aromatic carbocycles. The van der Waals surface area contributed by atoms with Crippen LogP contribution in [0.4, 0.5) is 0 Å². The van der Waals surface area contributed by atoms with Gasteiger partial charge in [-0.25, -0.2) is 18.7 Å². The van der Waals surface area contributed by atoms with Gasteiger partial charge in [0.05, 0.1) is 13.7 Å². The Morgan fingerprint density at radius 3 is 2.42 bits per heavy atom. The van der Waals surface area contributed by atoms with E-state index in [4.69, 9.17) is 14.2 Å². The molecule has 0 saturated carbocycles. The van der Waals surface area contributed by atoms with Gasteiger partial charge >= 0.3 is 11.9 Å². The summed E-state index contributed by atoms with van der Waals surface area (Å²) in [4.78, 5) is 24.8. The molecule has 7 nitrogen and oxygen atoms in total. The molecule has 0 amide bonds. The SMILES string of the molecule is CCOCCOC(=O)[C@@H](C(=O)OCc1ccccc1)n1cc[n+](C)c1.[Br-]. The molecule has 26 heavy (non-hydrogen) atoms. The molecular formula is C18H23BrN2O5. The van der Waals surface area contributed by atoms with Gasteiger partial charge in [-0.15, -0.1) is 0 Å². The highest BCUT2D eigenvalue weighted by atomic mass is 79.9. The first-order valence-corrected chi connectivity index (χ1v) is 8.09. The first-order valence-electron chi connectivity index (χ1n) is 8.09. The molecule has 2 rings (SSSR count). The summed E-state index contributed by atoms with van der Waals surface area (Å²) in [6.07, 6.45) is 4.97. The average Bonchev–Trinajstić information content (AvgIpc) is 3.04. The van der Waals surface area contributed by atoms with Crippen LogP contribution in [0.1, 0.15) is 18.5 Å². The highest BCUT2D eigenvalue weighted by molar-refractivity contribution is 5.97. The van der Waals surface area contributed by atoms with E-state index in [-0.39, 0.29) is 36.8 Å². The fourth-order valence-electron chi connectivity index (χ4n) is 2.19. The molecule has 0 fully saturated rings. The van der Waals surface area contributed by atoms with Gasteiger partial charge in [-0.05, 0) is 12.5 Å². The Balaban J connectivity index is 0.00000338. The highest BCUT2D eigenvalue weighted by Gasteiger charge is 2.36. The first kappa shape index (κ1) is 21.9. The zero-order chi connectivity index (χ0) is 18.1. The van der Waals surface area contributed by atoms with Crippen molar-refractivity contribution < 1.29 is 45.3 Å². The summed E-state index contributed by atoms with van der Waals surface area (Å²) >= 11 is 0. The number of rotatable bonds is 9. The Morgan fingerprint density at radius 2 is 1.81 bits per heavy atom. The Hall–Kier alpha value is -2.19. The Labute approximate surface area is 163 Å². The summed E-state index contributed by atoms with van der Waals surface area (Å²) in [5.41, 5.74) is 0.845. The number of hydrogen-bond donors (Lipinski definition) is 0. The Bertz CT molecular complexity index is 690. The van der Waals surface area contributed by atoms with Crippen molar-refractivity contribution >= 4 is 11.9 Å². The van der Waals surface area contributed by atoms with Crippen LogP contribution in [0.15, 0.2) is 49.1 Å². The second kappa shape index (κ2) is 11.4. The van der Waals surface area contributed by atoms with Crippen molar-refractivity contribution in [3.63, 3.8) is 0 Å². The molecule has 2 aromatic rings. The number of nitrogens with zero attached hydrogens (tertiary/aromatic N) is 2. The molecule has 1 heterocycles.